The van der Waals surface area contributed by atoms with Crippen LogP contribution in [0.1, 0.15) is 32.6 Å². The fourth-order valence-corrected chi connectivity index (χ4v) is 2.60. The van der Waals surface area contributed by atoms with Crippen molar-refractivity contribution in [2.24, 2.45) is 5.92 Å². The molecular weight excluding hydrogens is 254 g/mol. The Kier molecular flexibility index (Phi) is 5.37. The molecule has 114 valence electrons. The molecule has 1 unspecified atom stereocenters. The van der Waals surface area contributed by atoms with Crippen LogP contribution in [-0.2, 0) is 6.54 Å². The highest BCUT2D eigenvalue weighted by molar-refractivity contribution is 5.29. The van der Waals surface area contributed by atoms with Gasteiger partial charge in [-0.1, -0.05) is 18.9 Å². The molecule has 6 nitrogen and oxygen atoms in total. The number of hydrogen-bond acceptors (Lipinski definition) is 6. The molecule has 0 bridgehead atoms. The van der Waals surface area contributed by atoms with Gasteiger partial charge in [-0.25, -0.2) is 0 Å². The molecule has 1 aliphatic rings. The van der Waals surface area contributed by atoms with Gasteiger partial charge in [0, 0.05) is 19.1 Å². The van der Waals surface area contributed by atoms with Gasteiger partial charge in [0.25, 0.3) is 0 Å². The van der Waals surface area contributed by atoms with Crippen LogP contribution in [0.5, 0.6) is 0 Å². The highest BCUT2D eigenvalue weighted by Gasteiger charge is 2.28. The molecule has 0 aliphatic carbocycles. The topological polar surface area (TPSA) is 57.4 Å². The van der Waals surface area contributed by atoms with E-state index in [1.807, 2.05) is 0 Å². The third-order valence-corrected chi connectivity index (χ3v) is 3.48. The Bertz CT molecular complexity index is 404. The van der Waals surface area contributed by atoms with Crippen molar-refractivity contribution in [2.45, 2.75) is 39.3 Å². The minimum Gasteiger partial charge on any atom is -0.407 e. The maximum Gasteiger partial charge on any atom is 0.318 e. The van der Waals surface area contributed by atoms with Crippen LogP contribution in [0.3, 0.4) is 0 Å². The van der Waals surface area contributed by atoms with E-state index >= 15 is 0 Å². The lowest BCUT2D eigenvalue weighted by molar-refractivity contribution is 0.362. The lowest BCUT2D eigenvalue weighted by Crippen LogP contribution is -2.37. The van der Waals surface area contributed by atoms with Crippen molar-refractivity contribution in [2.75, 3.05) is 38.6 Å². The van der Waals surface area contributed by atoms with E-state index in [-0.39, 0.29) is 0 Å². The van der Waals surface area contributed by atoms with Crippen LogP contribution >= 0.6 is 0 Å². The van der Waals surface area contributed by atoms with Crippen molar-refractivity contribution in [3.05, 3.63) is 5.89 Å². The number of hydrogen-bond donors (Lipinski definition) is 1. The van der Waals surface area contributed by atoms with Crippen molar-refractivity contribution in [3.63, 3.8) is 0 Å². The first kappa shape index (κ1) is 15.3. The summed E-state index contributed by atoms with van der Waals surface area (Å²) in [5.41, 5.74) is 0. The van der Waals surface area contributed by atoms with Crippen LogP contribution in [0.2, 0.25) is 0 Å². The van der Waals surface area contributed by atoms with Gasteiger partial charge in [-0.15, -0.1) is 5.10 Å². The number of rotatable bonds is 7. The number of likely N-dealkylation sites (N-methyl/N-ethyl adjacent to an activating group) is 1. The Morgan fingerprint density at radius 2 is 2.20 bits per heavy atom. The number of aromatic nitrogens is 2. The van der Waals surface area contributed by atoms with Crippen molar-refractivity contribution in [1.29, 1.82) is 0 Å². The number of anilines is 1. The largest absolute Gasteiger partial charge is 0.407 e. The zero-order valence-electron chi connectivity index (χ0n) is 13.1. The Labute approximate surface area is 121 Å². The van der Waals surface area contributed by atoms with E-state index in [1.165, 1.54) is 12.8 Å². The average Bonchev–Trinajstić information content (AvgIpc) is 2.96. The summed E-state index contributed by atoms with van der Waals surface area (Å²) in [6, 6.07) is 1.16. The first-order valence-electron chi connectivity index (χ1n) is 7.50. The molecule has 0 spiro atoms. The summed E-state index contributed by atoms with van der Waals surface area (Å²) in [6.07, 6.45) is 2.39. The first-order valence-corrected chi connectivity index (χ1v) is 7.50. The van der Waals surface area contributed by atoms with Gasteiger partial charge in [-0.05, 0) is 39.4 Å². The van der Waals surface area contributed by atoms with Crippen molar-refractivity contribution < 1.29 is 4.42 Å². The SMILES string of the molecule is CC(C)CNCc1nnc(N2CCCC2CN(C)C)o1. The lowest BCUT2D eigenvalue weighted by Gasteiger charge is -2.25. The fraction of sp³-hybridized carbons (Fsp3) is 0.857. The molecule has 6 heteroatoms. The molecule has 1 fully saturated rings. The normalized spacial score (nSPS) is 19.5. The van der Waals surface area contributed by atoms with Crippen molar-refractivity contribution >= 4 is 6.01 Å². The predicted molar refractivity (Wildman–Crippen MR) is 79.8 cm³/mol. The molecule has 2 rings (SSSR count). The zero-order chi connectivity index (χ0) is 14.5. The highest BCUT2D eigenvalue weighted by Crippen LogP contribution is 2.24. The van der Waals surface area contributed by atoms with Crippen molar-refractivity contribution in [1.82, 2.24) is 20.4 Å². The van der Waals surface area contributed by atoms with Gasteiger partial charge in [-0.2, -0.15) is 0 Å². The van der Waals surface area contributed by atoms with Gasteiger partial charge in [-0.3, -0.25) is 0 Å². The van der Waals surface area contributed by atoms with Crippen LogP contribution in [0.4, 0.5) is 6.01 Å². The minimum atomic E-state index is 0.488. The second-order valence-corrected chi connectivity index (χ2v) is 6.25. The quantitative estimate of drug-likeness (QED) is 0.814. The van der Waals surface area contributed by atoms with Gasteiger partial charge in [0.05, 0.1) is 6.54 Å². The summed E-state index contributed by atoms with van der Waals surface area (Å²) in [5.74, 6) is 1.30. The second-order valence-electron chi connectivity index (χ2n) is 6.25. The van der Waals surface area contributed by atoms with Gasteiger partial charge in [0.1, 0.15) is 0 Å². The van der Waals surface area contributed by atoms with E-state index in [1.54, 1.807) is 0 Å². The number of nitrogens with zero attached hydrogens (tertiary/aromatic N) is 4. The summed E-state index contributed by atoms with van der Waals surface area (Å²) in [7, 11) is 4.21. The standard InChI is InChI=1S/C14H27N5O/c1-11(2)8-15-9-13-16-17-14(20-13)19-7-5-6-12(19)10-18(3)4/h11-12,15H,5-10H2,1-4H3. The maximum atomic E-state index is 5.78. The zero-order valence-corrected chi connectivity index (χ0v) is 13.1. The predicted octanol–water partition coefficient (Wildman–Crippen LogP) is 1.35. The molecule has 0 amide bonds. The van der Waals surface area contributed by atoms with Gasteiger partial charge >= 0.3 is 6.01 Å². The monoisotopic (exact) mass is 281 g/mol. The van der Waals surface area contributed by atoms with Gasteiger partial charge < -0.3 is 19.5 Å². The lowest BCUT2D eigenvalue weighted by atomic mass is 10.2. The molecule has 1 atom stereocenters. The Morgan fingerprint density at radius 3 is 2.90 bits per heavy atom. The van der Waals surface area contributed by atoms with Crippen molar-refractivity contribution in [3.8, 4) is 0 Å². The molecule has 1 N–H and O–H groups in total. The average molecular weight is 281 g/mol. The molecule has 0 radical (unpaired) electrons. The highest BCUT2D eigenvalue weighted by atomic mass is 16.4. The second kappa shape index (κ2) is 7.04. The van der Waals surface area contributed by atoms with Gasteiger partial charge in [0.15, 0.2) is 0 Å². The molecule has 0 aromatic carbocycles. The third kappa shape index (κ3) is 4.18. The molecule has 1 aromatic rings. The van der Waals surface area contributed by atoms with E-state index in [0.717, 1.165) is 19.6 Å². The first-order chi connectivity index (χ1) is 9.56. The summed E-state index contributed by atoms with van der Waals surface area (Å²) in [6.45, 7) is 8.02. The van der Waals surface area contributed by atoms with E-state index in [0.29, 0.717) is 30.4 Å². The number of nitrogens with one attached hydrogen (secondary N) is 1. The smallest absolute Gasteiger partial charge is 0.318 e. The summed E-state index contributed by atoms with van der Waals surface area (Å²) in [5, 5.41) is 11.7. The third-order valence-electron chi connectivity index (χ3n) is 3.48. The van der Waals surface area contributed by atoms with Gasteiger partial charge in [0.2, 0.25) is 5.89 Å². The molecule has 1 saturated heterocycles. The molecular formula is C14H27N5O. The van der Waals surface area contributed by atoms with E-state index < -0.39 is 0 Å². The van der Waals surface area contributed by atoms with Crippen LogP contribution in [0.25, 0.3) is 0 Å². The molecule has 1 aliphatic heterocycles. The van der Waals surface area contributed by atoms with E-state index in [9.17, 15) is 0 Å². The summed E-state index contributed by atoms with van der Waals surface area (Å²) >= 11 is 0. The summed E-state index contributed by atoms with van der Waals surface area (Å²) < 4.78 is 5.78. The maximum absolute atomic E-state index is 5.78. The van der Waals surface area contributed by atoms with E-state index in [2.05, 4.69) is 53.3 Å². The Balaban J connectivity index is 1.90. The van der Waals surface area contributed by atoms with E-state index in [4.69, 9.17) is 4.42 Å². The van der Waals surface area contributed by atoms with Crippen LogP contribution in [0.15, 0.2) is 4.42 Å². The van der Waals surface area contributed by atoms with Crippen LogP contribution < -0.4 is 10.2 Å². The molecule has 1 aromatic heterocycles. The Morgan fingerprint density at radius 1 is 1.40 bits per heavy atom. The van der Waals surface area contributed by atoms with Crippen LogP contribution in [-0.4, -0.2) is 54.9 Å². The molecule has 2 heterocycles. The molecule has 0 saturated carbocycles. The Hall–Kier alpha value is -1.14. The molecule has 20 heavy (non-hydrogen) atoms. The minimum absolute atomic E-state index is 0.488. The summed E-state index contributed by atoms with van der Waals surface area (Å²) in [4.78, 5) is 4.46. The fourth-order valence-electron chi connectivity index (χ4n) is 2.60. The van der Waals surface area contributed by atoms with Crippen LogP contribution in [0, 0.1) is 5.92 Å².